The second kappa shape index (κ2) is 5.96. The molecule has 1 saturated carbocycles. The maximum atomic E-state index is 12.2. The summed E-state index contributed by atoms with van der Waals surface area (Å²) < 4.78 is 34.4. The number of fused-ring (bicyclic) bond motifs is 1. The summed E-state index contributed by atoms with van der Waals surface area (Å²) in [6, 6.07) is 5.61. The minimum atomic E-state index is -2.89. The van der Waals surface area contributed by atoms with Crippen LogP contribution in [0.15, 0.2) is 24.3 Å². The predicted octanol–water partition coefficient (Wildman–Crippen LogP) is 3.22. The number of hydrogen-bond acceptors (Lipinski definition) is 3. The molecule has 1 aliphatic heterocycles. The number of carbonyl (C=O) groups is 1. The lowest BCUT2D eigenvalue weighted by molar-refractivity contribution is -0.107. The molecule has 1 heterocycles. The van der Waals surface area contributed by atoms with Gasteiger partial charge in [0.2, 0.25) is 0 Å². The van der Waals surface area contributed by atoms with Gasteiger partial charge in [-0.1, -0.05) is 19.9 Å². The SMILES string of the molecule is CC1(C)C(NC(=O)Nc2cccc(OC(F)F)c2)C2CCOC21. The number of amides is 2. The zero-order valence-electron chi connectivity index (χ0n) is 13.0. The van der Waals surface area contributed by atoms with Gasteiger partial charge in [0.25, 0.3) is 0 Å². The second-order valence-corrected chi connectivity index (χ2v) is 6.55. The van der Waals surface area contributed by atoms with Gasteiger partial charge in [0.15, 0.2) is 0 Å². The molecule has 5 nitrogen and oxygen atoms in total. The van der Waals surface area contributed by atoms with E-state index < -0.39 is 6.61 Å². The Balaban J connectivity index is 1.59. The number of urea groups is 1. The molecule has 23 heavy (non-hydrogen) atoms. The lowest BCUT2D eigenvalue weighted by Gasteiger charge is -2.54. The molecule has 0 radical (unpaired) electrons. The molecule has 3 unspecified atom stereocenters. The van der Waals surface area contributed by atoms with Gasteiger partial charge in [-0.25, -0.2) is 4.79 Å². The quantitative estimate of drug-likeness (QED) is 0.893. The van der Waals surface area contributed by atoms with Crippen molar-refractivity contribution in [1.82, 2.24) is 5.32 Å². The van der Waals surface area contributed by atoms with E-state index in [1.807, 2.05) is 0 Å². The number of hydrogen-bond donors (Lipinski definition) is 2. The zero-order valence-corrected chi connectivity index (χ0v) is 13.0. The second-order valence-electron chi connectivity index (χ2n) is 6.55. The van der Waals surface area contributed by atoms with Gasteiger partial charge in [0.1, 0.15) is 5.75 Å². The minimum Gasteiger partial charge on any atom is -0.435 e. The van der Waals surface area contributed by atoms with Crippen LogP contribution in [0.3, 0.4) is 0 Å². The van der Waals surface area contributed by atoms with Gasteiger partial charge >= 0.3 is 12.6 Å². The number of carbonyl (C=O) groups excluding carboxylic acids is 1. The van der Waals surface area contributed by atoms with Crippen LogP contribution in [0.25, 0.3) is 0 Å². The normalized spacial score (nSPS) is 28.0. The van der Waals surface area contributed by atoms with E-state index in [4.69, 9.17) is 4.74 Å². The Hall–Kier alpha value is -1.89. The average molecular weight is 326 g/mol. The lowest BCUT2D eigenvalue weighted by Crippen LogP contribution is -2.67. The summed E-state index contributed by atoms with van der Waals surface area (Å²) in [5.74, 6) is 0.343. The highest BCUT2D eigenvalue weighted by molar-refractivity contribution is 5.89. The van der Waals surface area contributed by atoms with E-state index >= 15 is 0 Å². The van der Waals surface area contributed by atoms with Crippen LogP contribution in [-0.4, -0.2) is 31.4 Å². The highest BCUT2D eigenvalue weighted by atomic mass is 19.3. The van der Waals surface area contributed by atoms with Gasteiger partial charge in [0, 0.05) is 35.7 Å². The zero-order chi connectivity index (χ0) is 16.6. The molecule has 3 rings (SSSR count). The molecule has 2 aliphatic rings. The van der Waals surface area contributed by atoms with E-state index in [1.54, 1.807) is 12.1 Å². The molecule has 1 aromatic carbocycles. The molecule has 3 atom stereocenters. The predicted molar refractivity (Wildman–Crippen MR) is 80.6 cm³/mol. The molecule has 2 N–H and O–H groups in total. The molecule has 2 fully saturated rings. The van der Waals surface area contributed by atoms with Crippen molar-refractivity contribution in [3.63, 3.8) is 0 Å². The minimum absolute atomic E-state index is 0.00558. The monoisotopic (exact) mass is 326 g/mol. The topological polar surface area (TPSA) is 59.6 Å². The Morgan fingerprint density at radius 3 is 2.96 bits per heavy atom. The summed E-state index contributed by atoms with van der Waals surface area (Å²) in [5.41, 5.74) is 0.288. The number of nitrogens with one attached hydrogen (secondary N) is 2. The van der Waals surface area contributed by atoms with Gasteiger partial charge in [-0.15, -0.1) is 0 Å². The Bertz CT molecular complexity index is 594. The van der Waals surface area contributed by atoms with Crippen molar-refractivity contribution in [1.29, 1.82) is 0 Å². The highest BCUT2D eigenvalue weighted by Crippen LogP contribution is 2.52. The molecular formula is C16H20F2N2O3. The summed E-state index contributed by atoms with van der Waals surface area (Å²) in [7, 11) is 0. The Morgan fingerprint density at radius 2 is 2.22 bits per heavy atom. The number of ether oxygens (including phenoxy) is 2. The first kappa shape index (κ1) is 16.0. The van der Waals surface area contributed by atoms with Crippen LogP contribution in [-0.2, 0) is 4.74 Å². The first-order chi connectivity index (χ1) is 10.9. The third-order valence-electron chi connectivity index (χ3n) is 4.70. The average Bonchev–Trinajstić information content (AvgIpc) is 2.91. The Labute approximate surface area is 133 Å². The lowest BCUT2D eigenvalue weighted by atomic mass is 9.57. The van der Waals surface area contributed by atoms with Crippen LogP contribution in [0.4, 0.5) is 19.3 Å². The van der Waals surface area contributed by atoms with Gasteiger partial charge in [-0.05, 0) is 18.6 Å². The van der Waals surface area contributed by atoms with Crippen molar-refractivity contribution >= 4 is 11.7 Å². The molecule has 1 saturated heterocycles. The number of rotatable bonds is 4. The molecule has 0 spiro atoms. The first-order valence-corrected chi connectivity index (χ1v) is 7.62. The van der Waals surface area contributed by atoms with Crippen LogP contribution < -0.4 is 15.4 Å². The van der Waals surface area contributed by atoms with Gasteiger partial charge in [-0.3, -0.25) is 0 Å². The van der Waals surface area contributed by atoms with E-state index in [2.05, 4.69) is 29.2 Å². The fourth-order valence-electron chi connectivity index (χ4n) is 3.68. The standard InChI is InChI=1S/C16H20F2N2O3/c1-16(2)12(11-6-7-22-13(11)16)20-15(21)19-9-4-3-5-10(8-9)23-14(17)18/h3-5,8,11-14H,6-7H2,1-2H3,(H2,19,20,21). The van der Waals surface area contributed by atoms with Crippen molar-refractivity contribution < 1.29 is 23.0 Å². The number of benzene rings is 1. The van der Waals surface area contributed by atoms with E-state index in [0.29, 0.717) is 11.6 Å². The number of alkyl halides is 2. The van der Waals surface area contributed by atoms with Crippen molar-refractivity contribution in [2.45, 2.75) is 39.0 Å². The summed E-state index contributed by atoms with van der Waals surface area (Å²) in [6.07, 6.45) is 1.13. The first-order valence-electron chi connectivity index (χ1n) is 7.62. The van der Waals surface area contributed by atoms with Crippen molar-refractivity contribution in [2.75, 3.05) is 11.9 Å². The molecule has 126 valence electrons. The number of halogens is 2. The van der Waals surface area contributed by atoms with Gasteiger partial charge in [-0.2, -0.15) is 8.78 Å². The summed E-state index contributed by atoms with van der Waals surface area (Å²) in [5, 5.41) is 5.62. The van der Waals surface area contributed by atoms with E-state index in [-0.39, 0.29) is 29.3 Å². The van der Waals surface area contributed by atoms with Gasteiger partial charge in [0.05, 0.1) is 6.10 Å². The van der Waals surface area contributed by atoms with Crippen LogP contribution in [0, 0.1) is 11.3 Å². The van der Waals surface area contributed by atoms with E-state index in [0.717, 1.165) is 13.0 Å². The molecule has 0 aromatic heterocycles. The molecular weight excluding hydrogens is 306 g/mol. The Morgan fingerprint density at radius 1 is 1.43 bits per heavy atom. The van der Waals surface area contributed by atoms with Crippen molar-refractivity contribution in [3.8, 4) is 5.75 Å². The smallest absolute Gasteiger partial charge is 0.387 e. The van der Waals surface area contributed by atoms with Crippen LogP contribution in [0.1, 0.15) is 20.3 Å². The summed E-state index contributed by atoms with van der Waals surface area (Å²) in [6.45, 7) is 1.98. The molecule has 1 aromatic rings. The van der Waals surface area contributed by atoms with Crippen LogP contribution in [0.2, 0.25) is 0 Å². The van der Waals surface area contributed by atoms with E-state index in [9.17, 15) is 13.6 Å². The van der Waals surface area contributed by atoms with Crippen LogP contribution in [0.5, 0.6) is 5.75 Å². The maximum Gasteiger partial charge on any atom is 0.387 e. The highest BCUT2D eigenvalue weighted by Gasteiger charge is 2.59. The maximum absolute atomic E-state index is 12.2. The largest absolute Gasteiger partial charge is 0.435 e. The third kappa shape index (κ3) is 3.10. The third-order valence-corrected chi connectivity index (χ3v) is 4.70. The molecule has 7 heteroatoms. The number of anilines is 1. The van der Waals surface area contributed by atoms with E-state index in [1.165, 1.54) is 12.1 Å². The Kier molecular flexibility index (Phi) is 4.14. The van der Waals surface area contributed by atoms with Crippen LogP contribution >= 0.6 is 0 Å². The molecule has 1 aliphatic carbocycles. The molecule has 0 bridgehead atoms. The van der Waals surface area contributed by atoms with Gasteiger partial charge < -0.3 is 20.1 Å². The summed E-state index contributed by atoms with van der Waals surface area (Å²) >= 11 is 0. The fraction of sp³-hybridized carbons (Fsp3) is 0.562. The molecule has 2 amide bonds. The van der Waals surface area contributed by atoms with Crippen molar-refractivity contribution in [3.05, 3.63) is 24.3 Å². The fourth-order valence-corrected chi connectivity index (χ4v) is 3.68. The van der Waals surface area contributed by atoms with Crippen molar-refractivity contribution in [2.24, 2.45) is 11.3 Å². The summed E-state index contributed by atoms with van der Waals surface area (Å²) in [4.78, 5) is 12.2.